The standard InChI is InChI=1S/C20H24N8O2.C2HF3O2/c1-12-10-27(8-6-21-12)16-3-5-22-18-14(16)4-7-28(18)20(30)23-15-9-13-11-26(2)25-17(13)24-19(15)29;3-2(4,5)1(6)7/h3,5,9,11-12,21H,4,6-8,10H2,1-2H3,(H,23,30)(H,24,25,29);(H,6,7)/t12-;/m1./s1. The molecule has 1 saturated heterocycles. The number of aryl methyl sites for hydroxylation is 1. The van der Waals surface area contributed by atoms with Gasteiger partial charge >= 0.3 is 18.2 Å². The van der Waals surface area contributed by atoms with E-state index in [0.29, 0.717) is 24.1 Å². The second kappa shape index (κ2) is 10.1. The quantitative estimate of drug-likeness (QED) is 0.397. The van der Waals surface area contributed by atoms with Gasteiger partial charge < -0.3 is 25.6 Å². The van der Waals surface area contributed by atoms with E-state index in [4.69, 9.17) is 9.90 Å². The third kappa shape index (κ3) is 5.66. The molecule has 3 aromatic heterocycles. The highest BCUT2D eigenvalue weighted by molar-refractivity contribution is 6.03. The summed E-state index contributed by atoms with van der Waals surface area (Å²) in [4.78, 5) is 45.4. The summed E-state index contributed by atoms with van der Waals surface area (Å²) in [5.74, 6) is -2.09. The van der Waals surface area contributed by atoms with E-state index in [1.807, 2.05) is 6.07 Å². The zero-order valence-corrected chi connectivity index (χ0v) is 20.0. The van der Waals surface area contributed by atoms with Crippen molar-refractivity contribution < 1.29 is 27.9 Å². The van der Waals surface area contributed by atoms with Crippen LogP contribution in [0.2, 0.25) is 0 Å². The minimum atomic E-state index is -5.08. The SMILES string of the molecule is C[C@@H]1CN(c2ccnc3c2CCN3C(=O)Nc2cc3cn(C)nc3[nH]c2=O)CCN1.O=C(O)C(F)(F)F. The van der Waals surface area contributed by atoms with Gasteiger partial charge in [-0.05, 0) is 25.5 Å². The number of aromatic nitrogens is 4. The number of anilines is 3. The molecule has 2 aliphatic heterocycles. The molecule has 15 heteroatoms. The van der Waals surface area contributed by atoms with Crippen LogP contribution < -0.4 is 26.0 Å². The molecule has 2 aliphatic rings. The molecule has 5 rings (SSSR count). The van der Waals surface area contributed by atoms with Gasteiger partial charge in [-0.15, -0.1) is 0 Å². The fourth-order valence-electron chi connectivity index (χ4n) is 4.30. The van der Waals surface area contributed by atoms with Gasteiger partial charge in [0.15, 0.2) is 5.65 Å². The van der Waals surface area contributed by atoms with Crippen molar-refractivity contribution in [1.82, 2.24) is 25.1 Å². The summed E-state index contributed by atoms with van der Waals surface area (Å²) in [5.41, 5.74) is 2.52. The second-order valence-electron chi connectivity index (χ2n) is 8.69. The maximum Gasteiger partial charge on any atom is 0.490 e. The molecule has 0 aromatic carbocycles. The zero-order valence-electron chi connectivity index (χ0n) is 20.0. The normalized spacial score (nSPS) is 17.3. The Morgan fingerprint density at radius 1 is 1.27 bits per heavy atom. The van der Waals surface area contributed by atoms with E-state index in [9.17, 15) is 22.8 Å². The first-order valence-corrected chi connectivity index (χ1v) is 11.4. The Labute approximate surface area is 208 Å². The molecule has 0 bridgehead atoms. The number of urea groups is 1. The van der Waals surface area contributed by atoms with E-state index in [2.05, 4.69) is 37.5 Å². The largest absolute Gasteiger partial charge is 0.490 e. The number of hydrogen-bond acceptors (Lipinski definition) is 7. The van der Waals surface area contributed by atoms with Crippen LogP contribution in [0.15, 0.2) is 29.3 Å². The monoisotopic (exact) mass is 522 g/mol. The predicted octanol–water partition coefficient (Wildman–Crippen LogP) is 1.68. The average molecular weight is 522 g/mol. The number of aliphatic carboxylic acids is 1. The first-order chi connectivity index (χ1) is 17.4. The Bertz CT molecular complexity index is 1390. The number of rotatable bonds is 2. The van der Waals surface area contributed by atoms with Crippen molar-refractivity contribution in [2.75, 3.05) is 41.3 Å². The van der Waals surface area contributed by atoms with Gasteiger partial charge in [0, 0.05) is 68.3 Å². The highest BCUT2D eigenvalue weighted by Gasteiger charge is 2.38. The molecule has 1 atom stereocenters. The third-order valence-corrected chi connectivity index (χ3v) is 5.92. The minimum absolute atomic E-state index is 0.195. The van der Waals surface area contributed by atoms with Crippen LogP contribution in [-0.2, 0) is 18.3 Å². The van der Waals surface area contributed by atoms with Crippen LogP contribution in [-0.4, -0.2) is 75.3 Å². The number of alkyl halides is 3. The molecule has 37 heavy (non-hydrogen) atoms. The molecule has 12 nitrogen and oxygen atoms in total. The molecule has 5 heterocycles. The Kier molecular flexibility index (Phi) is 7.07. The van der Waals surface area contributed by atoms with E-state index in [1.165, 1.54) is 0 Å². The van der Waals surface area contributed by atoms with Crippen molar-refractivity contribution in [3.05, 3.63) is 40.4 Å². The number of aromatic amines is 1. The number of nitrogens with one attached hydrogen (secondary N) is 3. The number of nitrogens with zero attached hydrogens (tertiary/aromatic N) is 5. The highest BCUT2D eigenvalue weighted by Crippen LogP contribution is 2.34. The van der Waals surface area contributed by atoms with Crippen LogP contribution in [0.25, 0.3) is 11.0 Å². The Balaban J connectivity index is 0.000000405. The number of H-pyrrole nitrogens is 1. The molecule has 2 amide bonds. The van der Waals surface area contributed by atoms with E-state index in [1.54, 1.807) is 35.1 Å². The fourth-order valence-corrected chi connectivity index (χ4v) is 4.30. The summed E-state index contributed by atoms with van der Waals surface area (Å²) in [7, 11) is 1.78. The number of hydrogen-bond donors (Lipinski definition) is 4. The molecular formula is C22H25F3N8O4. The number of halogens is 3. The van der Waals surface area contributed by atoms with Gasteiger partial charge in [-0.3, -0.25) is 14.4 Å². The van der Waals surface area contributed by atoms with Crippen molar-refractivity contribution in [3.63, 3.8) is 0 Å². The first-order valence-electron chi connectivity index (χ1n) is 11.4. The van der Waals surface area contributed by atoms with E-state index in [-0.39, 0.29) is 17.3 Å². The van der Waals surface area contributed by atoms with Crippen molar-refractivity contribution in [3.8, 4) is 0 Å². The summed E-state index contributed by atoms with van der Waals surface area (Å²) in [6.45, 7) is 5.47. The molecule has 0 aliphatic carbocycles. The predicted molar refractivity (Wildman–Crippen MR) is 129 cm³/mol. The number of pyridine rings is 2. The van der Waals surface area contributed by atoms with Gasteiger partial charge in [-0.25, -0.2) is 14.6 Å². The lowest BCUT2D eigenvalue weighted by Crippen LogP contribution is -2.49. The van der Waals surface area contributed by atoms with Crippen LogP contribution in [0, 0.1) is 0 Å². The number of carbonyl (C=O) groups excluding carboxylic acids is 1. The number of carboxylic acid groups (broad SMARTS) is 1. The Morgan fingerprint density at radius 2 is 2.00 bits per heavy atom. The third-order valence-electron chi connectivity index (χ3n) is 5.92. The molecule has 4 N–H and O–H groups in total. The number of carbonyl (C=O) groups is 2. The summed E-state index contributed by atoms with van der Waals surface area (Å²) in [6, 6.07) is 3.72. The number of carboxylic acids is 1. The molecule has 0 radical (unpaired) electrons. The van der Waals surface area contributed by atoms with Crippen molar-refractivity contribution in [1.29, 1.82) is 0 Å². The first kappa shape index (κ1) is 25.9. The van der Waals surface area contributed by atoms with Gasteiger partial charge in [-0.1, -0.05) is 0 Å². The smallest absolute Gasteiger partial charge is 0.475 e. The minimum Gasteiger partial charge on any atom is -0.475 e. The van der Waals surface area contributed by atoms with E-state index < -0.39 is 12.1 Å². The van der Waals surface area contributed by atoms with Crippen LogP contribution in [0.4, 0.5) is 35.2 Å². The average Bonchev–Trinajstić information content (AvgIpc) is 3.41. The van der Waals surface area contributed by atoms with Gasteiger partial charge in [-0.2, -0.15) is 18.3 Å². The lowest BCUT2D eigenvalue weighted by atomic mass is 10.1. The van der Waals surface area contributed by atoms with Crippen LogP contribution in [0.1, 0.15) is 12.5 Å². The van der Waals surface area contributed by atoms with Crippen LogP contribution in [0.5, 0.6) is 0 Å². The van der Waals surface area contributed by atoms with Crippen molar-refractivity contribution >= 4 is 40.2 Å². The van der Waals surface area contributed by atoms with Crippen LogP contribution >= 0.6 is 0 Å². The molecule has 1 fully saturated rings. The summed E-state index contributed by atoms with van der Waals surface area (Å²) < 4.78 is 33.4. The highest BCUT2D eigenvalue weighted by atomic mass is 19.4. The van der Waals surface area contributed by atoms with Gasteiger partial charge in [0.25, 0.3) is 5.56 Å². The maximum atomic E-state index is 13.0. The van der Waals surface area contributed by atoms with Gasteiger partial charge in [0.05, 0.1) is 0 Å². The van der Waals surface area contributed by atoms with Crippen molar-refractivity contribution in [2.24, 2.45) is 7.05 Å². The number of amides is 2. The topological polar surface area (TPSA) is 148 Å². The summed E-state index contributed by atoms with van der Waals surface area (Å²) >= 11 is 0. The lowest BCUT2D eigenvalue weighted by Gasteiger charge is -2.34. The molecule has 3 aromatic rings. The summed E-state index contributed by atoms with van der Waals surface area (Å²) in [6.07, 6.45) is -0.808. The molecular weight excluding hydrogens is 497 g/mol. The Hall–Kier alpha value is -4.14. The van der Waals surface area contributed by atoms with Crippen LogP contribution in [0.3, 0.4) is 0 Å². The maximum absolute atomic E-state index is 13.0. The number of piperazine rings is 1. The summed E-state index contributed by atoms with van der Waals surface area (Å²) in [5, 5.41) is 18.3. The Morgan fingerprint density at radius 3 is 2.68 bits per heavy atom. The molecule has 0 spiro atoms. The molecule has 198 valence electrons. The van der Waals surface area contributed by atoms with Gasteiger partial charge in [0.2, 0.25) is 0 Å². The molecule has 0 saturated carbocycles. The lowest BCUT2D eigenvalue weighted by molar-refractivity contribution is -0.192. The zero-order chi connectivity index (χ0) is 26.9. The van der Waals surface area contributed by atoms with E-state index >= 15 is 0 Å². The van der Waals surface area contributed by atoms with E-state index in [0.717, 1.165) is 42.7 Å². The second-order valence-corrected chi connectivity index (χ2v) is 8.69. The van der Waals surface area contributed by atoms with Crippen molar-refractivity contribution in [2.45, 2.75) is 25.6 Å². The fraction of sp³-hybridized carbons (Fsp3) is 0.409. The van der Waals surface area contributed by atoms with Gasteiger partial charge in [0.1, 0.15) is 11.5 Å². The number of fused-ring (bicyclic) bond motifs is 2. The molecule has 0 unspecified atom stereocenters.